The highest BCUT2D eigenvalue weighted by atomic mass is 16.5. The minimum Gasteiger partial charge on any atom is -0.490 e. The lowest BCUT2D eigenvalue weighted by Gasteiger charge is -2.11. The van der Waals surface area contributed by atoms with E-state index in [-0.39, 0.29) is 6.10 Å². The van der Waals surface area contributed by atoms with Gasteiger partial charge in [0.1, 0.15) is 11.9 Å². The maximum Gasteiger partial charge on any atom is 0.126 e. The predicted molar refractivity (Wildman–Crippen MR) is 57.3 cm³/mol. The largest absolute Gasteiger partial charge is 0.490 e. The Bertz CT molecular complexity index is 374. The number of aryl methyl sites for hydroxylation is 1. The number of fused-ring (bicyclic) bond motifs is 1. The van der Waals surface area contributed by atoms with Gasteiger partial charge < -0.3 is 16.2 Å². The molecule has 1 aliphatic heterocycles. The Morgan fingerprint density at radius 2 is 2.29 bits per heavy atom. The molecular formula is C11H16N2O. The van der Waals surface area contributed by atoms with E-state index in [1.54, 1.807) is 0 Å². The highest BCUT2D eigenvalue weighted by molar-refractivity contribution is 5.61. The lowest BCUT2D eigenvalue weighted by molar-refractivity contribution is 0.253. The lowest BCUT2D eigenvalue weighted by atomic mass is 9.99. The third kappa shape index (κ3) is 1.24. The molecule has 1 aromatic carbocycles. The third-order valence-corrected chi connectivity index (χ3v) is 2.73. The van der Waals surface area contributed by atoms with Crippen LogP contribution in [-0.2, 0) is 13.0 Å². The molecule has 1 heterocycles. The van der Waals surface area contributed by atoms with E-state index >= 15 is 0 Å². The van der Waals surface area contributed by atoms with E-state index in [0.29, 0.717) is 6.54 Å². The average molecular weight is 192 g/mol. The van der Waals surface area contributed by atoms with Gasteiger partial charge in [-0.25, -0.2) is 0 Å². The van der Waals surface area contributed by atoms with Crippen LogP contribution in [0.15, 0.2) is 6.07 Å². The number of nitrogens with two attached hydrogens (primary N) is 2. The first-order valence-electron chi connectivity index (χ1n) is 4.91. The van der Waals surface area contributed by atoms with E-state index in [0.717, 1.165) is 29.0 Å². The van der Waals surface area contributed by atoms with Crippen LogP contribution in [0, 0.1) is 6.92 Å². The molecule has 0 fully saturated rings. The maximum absolute atomic E-state index is 5.91. The first-order chi connectivity index (χ1) is 6.63. The van der Waals surface area contributed by atoms with Gasteiger partial charge in [-0.2, -0.15) is 0 Å². The molecule has 1 atom stereocenters. The second-order valence-electron chi connectivity index (χ2n) is 3.91. The van der Waals surface area contributed by atoms with Crippen LogP contribution in [0.1, 0.15) is 23.6 Å². The molecule has 0 amide bonds. The average Bonchev–Trinajstić information content (AvgIpc) is 2.48. The molecule has 3 nitrogen and oxygen atoms in total. The van der Waals surface area contributed by atoms with E-state index in [4.69, 9.17) is 16.2 Å². The number of hydrogen-bond donors (Lipinski definition) is 2. The van der Waals surface area contributed by atoms with Gasteiger partial charge in [-0.3, -0.25) is 0 Å². The van der Waals surface area contributed by atoms with Crippen LogP contribution in [0.3, 0.4) is 0 Å². The molecule has 4 N–H and O–H groups in total. The first-order valence-corrected chi connectivity index (χ1v) is 4.91. The van der Waals surface area contributed by atoms with Crippen molar-refractivity contribution in [1.29, 1.82) is 0 Å². The molecule has 0 saturated heterocycles. The van der Waals surface area contributed by atoms with Gasteiger partial charge in [0.2, 0.25) is 0 Å². The van der Waals surface area contributed by atoms with Crippen molar-refractivity contribution in [2.24, 2.45) is 5.73 Å². The van der Waals surface area contributed by atoms with Crippen molar-refractivity contribution in [2.45, 2.75) is 32.9 Å². The molecule has 1 aromatic rings. The third-order valence-electron chi connectivity index (χ3n) is 2.73. The summed E-state index contributed by atoms with van der Waals surface area (Å²) in [5.41, 5.74) is 15.8. The number of anilines is 1. The van der Waals surface area contributed by atoms with E-state index < -0.39 is 0 Å². The van der Waals surface area contributed by atoms with Crippen LogP contribution in [0.5, 0.6) is 5.75 Å². The summed E-state index contributed by atoms with van der Waals surface area (Å²) < 4.78 is 5.72. The quantitative estimate of drug-likeness (QED) is 0.660. The zero-order valence-corrected chi connectivity index (χ0v) is 8.63. The predicted octanol–water partition coefficient (Wildman–Crippen LogP) is 1.36. The summed E-state index contributed by atoms with van der Waals surface area (Å²) >= 11 is 0. The summed E-state index contributed by atoms with van der Waals surface area (Å²) in [6.07, 6.45) is 1.17. The number of nitrogen functional groups attached to an aromatic ring is 1. The fourth-order valence-electron chi connectivity index (χ4n) is 2.09. The van der Waals surface area contributed by atoms with E-state index in [1.807, 2.05) is 13.0 Å². The standard InChI is InChI=1S/C11H16N2O/c1-6-3-10(13)9(5-12)8-4-7(2)14-11(6)8/h3,7H,4-5,12-13H2,1-2H3. The fraction of sp³-hybridized carbons (Fsp3) is 0.455. The van der Waals surface area contributed by atoms with Crippen LogP contribution >= 0.6 is 0 Å². The minimum atomic E-state index is 0.246. The highest BCUT2D eigenvalue weighted by Gasteiger charge is 2.24. The summed E-state index contributed by atoms with van der Waals surface area (Å²) in [7, 11) is 0. The molecule has 0 bridgehead atoms. The van der Waals surface area contributed by atoms with Gasteiger partial charge in [-0.05, 0) is 31.0 Å². The maximum atomic E-state index is 5.91. The van der Waals surface area contributed by atoms with Gasteiger partial charge in [0.25, 0.3) is 0 Å². The lowest BCUT2D eigenvalue weighted by Crippen LogP contribution is -2.07. The summed E-state index contributed by atoms with van der Waals surface area (Å²) in [4.78, 5) is 0. The second kappa shape index (κ2) is 3.17. The van der Waals surface area contributed by atoms with Crippen LogP contribution in [0.2, 0.25) is 0 Å². The second-order valence-corrected chi connectivity index (χ2v) is 3.91. The number of benzene rings is 1. The van der Waals surface area contributed by atoms with Gasteiger partial charge in [-0.15, -0.1) is 0 Å². The van der Waals surface area contributed by atoms with Gasteiger partial charge in [0, 0.05) is 24.2 Å². The molecule has 0 saturated carbocycles. The Kier molecular flexibility index (Phi) is 2.11. The van der Waals surface area contributed by atoms with E-state index in [1.165, 1.54) is 5.56 Å². The first kappa shape index (κ1) is 9.34. The summed E-state index contributed by atoms with van der Waals surface area (Å²) in [6, 6.07) is 1.94. The minimum absolute atomic E-state index is 0.246. The molecule has 1 unspecified atom stereocenters. The van der Waals surface area contributed by atoms with Crippen LogP contribution in [-0.4, -0.2) is 6.10 Å². The number of hydrogen-bond acceptors (Lipinski definition) is 3. The van der Waals surface area contributed by atoms with Gasteiger partial charge in [0.05, 0.1) is 0 Å². The topological polar surface area (TPSA) is 61.3 Å². The van der Waals surface area contributed by atoms with Crippen molar-refractivity contribution in [3.05, 3.63) is 22.8 Å². The van der Waals surface area contributed by atoms with Crippen LogP contribution in [0.25, 0.3) is 0 Å². The van der Waals surface area contributed by atoms with E-state index in [9.17, 15) is 0 Å². The fourth-order valence-corrected chi connectivity index (χ4v) is 2.09. The molecule has 76 valence electrons. The van der Waals surface area contributed by atoms with Crippen LogP contribution < -0.4 is 16.2 Å². The zero-order valence-electron chi connectivity index (χ0n) is 8.63. The Balaban J connectivity index is 2.60. The van der Waals surface area contributed by atoms with Crippen molar-refractivity contribution in [3.63, 3.8) is 0 Å². The van der Waals surface area contributed by atoms with Gasteiger partial charge >= 0.3 is 0 Å². The molecule has 3 heteroatoms. The molecule has 0 aliphatic carbocycles. The number of ether oxygens (including phenoxy) is 1. The Hall–Kier alpha value is -1.22. The Labute approximate surface area is 84.0 Å². The molecule has 1 aliphatic rings. The van der Waals surface area contributed by atoms with Crippen molar-refractivity contribution in [2.75, 3.05) is 5.73 Å². The Morgan fingerprint density at radius 1 is 1.57 bits per heavy atom. The summed E-state index contributed by atoms with van der Waals surface area (Å²) in [5, 5.41) is 0. The molecular weight excluding hydrogens is 176 g/mol. The summed E-state index contributed by atoms with van der Waals surface area (Å²) in [5.74, 6) is 0.993. The monoisotopic (exact) mass is 192 g/mol. The van der Waals surface area contributed by atoms with Crippen LogP contribution in [0.4, 0.5) is 5.69 Å². The van der Waals surface area contributed by atoms with E-state index in [2.05, 4.69) is 6.92 Å². The molecule has 2 rings (SSSR count). The number of rotatable bonds is 1. The van der Waals surface area contributed by atoms with Crippen molar-refractivity contribution >= 4 is 5.69 Å². The Morgan fingerprint density at radius 3 is 2.93 bits per heavy atom. The molecule has 0 aromatic heterocycles. The van der Waals surface area contributed by atoms with Crippen molar-refractivity contribution < 1.29 is 4.74 Å². The SMILES string of the molecule is Cc1cc(N)c(CN)c2c1OC(C)C2. The highest BCUT2D eigenvalue weighted by Crippen LogP contribution is 2.37. The van der Waals surface area contributed by atoms with Gasteiger partial charge in [-0.1, -0.05) is 0 Å². The molecule has 0 spiro atoms. The zero-order chi connectivity index (χ0) is 10.3. The summed E-state index contributed by atoms with van der Waals surface area (Å²) in [6.45, 7) is 4.58. The van der Waals surface area contributed by atoms with Gasteiger partial charge in [0.15, 0.2) is 0 Å². The molecule has 14 heavy (non-hydrogen) atoms. The molecule has 0 radical (unpaired) electrons. The smallest absolute Gasteiger partial charge is 0.126 e. The van der Waals surface area contributed by atoms with Crippen molar-refractivity contribution in [3.8, 4) is 5.75 Å². The van der Waals surface area contributed by atoms with Crippen molar-refractivity contribution in [1.82, 2.24) is 0 Å². The normalized spacial score (nSPS) is 19.2.